The monoisotopic (exact) mass is 1320 g/mol. The second kappa shape index (κ2) is 34.4. The Morgan fingerprint density at radius 1 is 0.298 bits per heavy atom. The van der Waals surface area contributed by atoms with Crippen molar-refractivity contribution < 1.29 is 28.4 Å². The summed E-state index contributed by atoms with van der Waals surface area (Å²) >= 11 is 0. The number of ether oxygens (including phenoxy) is 6. The van der Waals surface area contributed by atoms with E-state index in [-0.39, 0.29) is 0 Å². The van der Waals surface area contributed by atoms with Crippen LogP contribution in [0.15, 0.2) is 0 Å². The lowest BCUT2D eigenvalue weighted by molar-refractivity contribution is -0.188. The molecule has 94 heavy (non-hydrogen) atoms. The third-order valence-corrected chi connectivity index (χ3v) is 31.2. The molecule has 0 aromatic carbocycles. The zero-order valence-corrected chi connectivity index (χ0v) is 66.4. The van der Waals surface area contributed by atoms with Crippen LogP contribution in [-0.2, 0) is 28.4 Å². The van der Waals surface area contributed by atoms with Crippen LogP contribution in [0.25, 0.3) is 0 Å². The predicted octanol–water partition coefficient (Wildman–Crippen LogP) is 25.6. The normalized spacial score (nSPS) is 35.6. The minimum absolute atomic E-state index is 0.325. The Kier molecular flexibility index (Phi) is 29.0. The summed E-state index contributed by atoms with van der Waals surface area (Å²) in [4.78, 5) is 0. The fraction of sp³-hybridized carbons (Fsp3) is 1.00. The Labute approximate surface area is 585 Å². The molecular formula is C88H162O6. The molecule has 0 N–H and O–H groups in total. The largest absolute Gasteiger partial charge is 0.381 e. The van der Waals surface area contributed by atoms with E-state index in [1.54, 1.807) is 6.42 Å². The van der Waals surface area contributed by atoms with E-state index in [0.717, 1.165) is 93.8 Å². The zero-order chi connectivity index (χ0) is 68.2. The molecule has 0 aliphatic heterocycles. The van der Waals surface area contributed by atoms with Gasteiger partial charge >= 0.3 is 0 Å². The van der Waals surface area contributed by atoms with E-state index < -0.39 is 0 Å². The van der Waals surface area contributed by atoms with Crippen LogP contribution < -0.4 is 0 Å². The van der Waals surface area contributed by atoms with Gasteiger partial charge in [0, 0.05) is 39.6 Å². The lowest BCUT2D eigenvalue weighted by Gasteiger charge is -2.61. The van der Waals surface area contributed by atoms with Crippen molar-refractivity contribution in [2.75, 3.05) is 52.9 Å². The van der Waals surface area contributed by atoms with Crippen LogP contribution in [-0.4, -0.2) is 77.3 Å². The predicted molar refractivity (Wildman–Crippen MR) is 400 cm³/mol. The first-order valence-corrected chi connectivity index (χ1v) is 42.3. The van der Waals surface area contributed by atoms with Gasteiger partial charge in [0.05, 0.1) is 37.6 Å². The maximum absolute atomic E-state index is 6.40. The smallest absolute Gasteiger partial charge is 0.0682 e. The van der Waals surface area contributed by atoms with Gasteiger partial charge in [0.15, 0.2) is 0 Å². The summed E-state index contributed by atoms with van der Waals surface area (Å²) in [5.74, 6) is 5.54. The maximum atomic E-state index is 6.40. The van der Waals surface area contributed by atoms with Crippen LogP contribution in [0.1, 0.15) is 388 Å². The molecule has 0 radical (unpaired) electrons. The van der Waals surface area contributed by atoms with E-state index in [0.29, 0.717) is 78.6 Å². The molecule has 550 valence electrons. The van der Waals surface area contributed by atoms with Gasteiger partial charge in [-0.15, -0.1) is 0 Å². The van der Waals surface area contributed by atoms with Crippen LogP contribution >= 0.6 is 0 Å². The molecule has 6 heteroatoms. The first-order chi connectivity index (χ1) is 44.7. The molecule has 9 atom stereocenters. The molecule has 0 saturated heterocycles. The van der Waals surface area contributed by atoms with Crippen molar-refractivity contribution in [3.63, 3.8) is 0 Å². The summed E-state index contributed by atoms with van der Waals surface area (Å²) in [6, 6.07) is 0. The Hall–Kier alpha value is -0.240. The average molecular weight is 1320 g/mol. The van der Waals surface area contributed by atoms with Gasteiger partial charge in [-0.2, -0.15) is 0 Å². The molecule has 13 fully saturated rings. The highest BCUT2D eigenvalue weighted by Gasteiger charge is 2.68. The number of rotatable bonds is 14. The van der Waals surface area contributed by atoms with Gasteiger partial charge in [-0.3, -0.25) is 0 Å². The minimum Gasteiger partial charge on any atom is -0.381 e. The number of hydrogen-bond donors (Lipinski definition) is 0. The third kappa shape index (κ3) is 17.5. The fourth-order valence-corrected chi connectivity index (χ4v) is 26.2. The highest BCUT2D eigenvalue weighted by molar-refractivity contribution is 5.17. The SMILES string of the molecule is CCOC1C(C)(C)C2CCCC2C1(C)C.CCOC1C(C)(C)CCC2(CCCCC2)C1(C)C.CCOC1C2CC(CC23CCCCC3)C1(C)C.CCOC1C2CC(CC23CCCCC3)C12CCCC2.CCOCC1(C)CCCCCC1.CCOCC1(C)CCCCCCC1. The topological polar surface area (TPSA) is 55.4 Å². The summed E-state index contributed by atoms with van der Waals surface area (Å²) in [7, 11) is 0. The standard InChI is InChI=1S/C18H30O.C17H32O.C16H28O.C14H26O.C12H24O.C11H22O/c1-2-19-16-15-12-14(18(16)10-6-7-11-18)13-17(15)8-4-3-5-9-17;1-6-18-14-15(2,3)12-13-17(16(14,4)5)10-8-7-9-11-17;1-4-17-14-13-10-12(15(14,2)3)11-16(13)8-6-5-7-9-16;1-6-15-12-13(2,3)10-8-7-9-11(10)14(12,4)5;1-3-13-11-12(2)9-7-5-4-6-8-10-12;1-3-12-10-11(2)8-6-4-5-7-9-11/h14-16H,2-13H2,1H3;14H,6-13H2,1-5H3;12-14H,4-11H2,1-3H3;10-12H,6-9H2,1-5H3;3-11H2,1-2H3;3-10H2,1-2H3. The Bertz CT molecular complexity index is 2120. The van der Waals surface area contributed by atoms with Gasteiger partial charge in [-0.25, -0.2) is 0 Å². The molecule has 9 unspecified atom stereocenters. The van der Waals surface area contributed by atoms with Crippen LogP contribution in [0.4, 0.5) is 0 Å². The average Bonchev–Trinajstić information content (AvgIpc) is 1.48. The van der Waals surface area contributed by atoms with E-state index >= 15 is 0 Å². The number of fused-ring (bicyclic) bond motifs is 8. The molecule has 13 saturated carbocycles. The summed E-state index contributed by atoms with van der Waals surface area (Å²) in [5.41, 5.74) is 5.42. The molecule has 4 bridgehead atoms. The third-order valence-electron chi connectivity index (χ3n) is 31.2. The van der Waals surface area contributed by atoms with E-state index in [4.69, 9.17) is 28.4 Å². The maximum Gasteiger partial charge on any atom is 0.0682 e. The molecule has 0 aromatic rings. The fourth-order valence-electron chi connectivity index (χ4n) is 26.2. The van der Waals surface area contributed by atoms with Gasteiger partial charge in [-0.05, 0) is 265 Å². The van der Waals surface area contributed by atoms with Gasteiger partial charge in [0.25, 0.3) is 0 Å². The van der Waals surface area contributed by atoms with Crippen LogP contribution in [0.2, 0.25) is 0 Å². The minimum atomic E-state index is 0.325. The molecule has 0 heterocycles. The summed E-state index contributed by atoms with van der Waals surface area (Å²) in [6.45, 7) is 49.2. The first kappa shape index (κ1) is 79.5. The lowest BCUT2D eigenvalue weighted by atomic mass is 9.47. The van der Waals surface area contributed by atoms with Crippen molar-refractivity contribution in [3.8, 4) is 0 Å². The lowest BCUT2D eigenvalue weighted by Crippen LogP contribution is -2.57. The van der Waals surface area contributed by atoms with Crippen LogP contribution in [0.3, 0.4) is 0 Å². The zero-order valence-electron chi connectivity index (χ0n) is 66.4. The molecular weight excluding hydrogens is 1150 g/mol. The van der Waals surface area contributed by atoms with Gasteiger partial charge in [-0.1, -0.05) is 218 Å². The van der Waals surface area contributed by atoms with Crippen molar-refractivity contribution in [2.45, 2.75) is 412 Å². The summed E-state index contributed by atoms with van der Waals surface area (Å²) < 4.78 is 36.0. The van der Waals surface area contributed by atoms with E-state index in [9.17, 15) is 0 Å². The second-order valence-electron chi connectivity index (χ2n) is 38.9. The molecule has 0 amide bonds. The van der Waals surface area contributed by atoms with Crippen molar-refractivity contribution in [2.24, 2.45) is 95.1 Å². The van der Waals surface area contributed by atoms with E-state index in [1.807, 2.05) is 0 Å². The molecule has 4 spiro atoms. The van der Waals surface area contributed by atoms with Gasteiger partial charge in [0.2, 0.25) is 0 Å². The van der Waals surface area contributed by atoms with E-state index in [2.05, 4.69) is 125 Å². The van der Waals surface area contributed by atoms with Crippen molar-refractivity contribution in [3.05, 3.63) is 0 Å². The van der Waals surface area contributed by atoms with Gasteiger partial charge in [0.1, 0.15) is 0 Å². The molecule has 13 rings (SSSR count). The molecule has 13 aliphatic rings. The molecule has 6 nitrogen and oxygen atoms in total. The summed E-state index contributed by atoms with van der Waals surface area (Å²) in [6.07, 6.45) is 61.4. The molecule has 0 aromatic heterocycles. The first-order valence-electron chi connectivity index (χ1n) is 42.3. The van der Waals surface area contributed by atoms with Gasteiger partial charge < -0.3 is 28.4 Å². The Morgan fingerprint density at radius 2 is 0.660 bits per heavy atom. The number of hydrogen-bond acceptors (Lipinski definition) is 6. The van der Waals surface area contributed by atoms with Crippen molar-refractivity contribution >= 4 is 0 Å². The van der Waals surface area contributed by atoms with Crippen molar-refractivity contribution in [1.82, 2.24) is 0 Å². The second-order valence-corrected chi connectivity index (χ2v) is 38.9. The Balaban J connectivity index is 0.000000146. The van der Waals surface area contributed by atoms with Crippen LogP contribution in [0, 0.1) is 95.1 Å². The molecule has 13 aliphatic carbocycles. The van der Waals surface area contributed by atoms with Crippen molar-refractivity contribution in [1.29, 1.82) is 0 Å². The highest BCUT2D eigenvalue weighted by atomic mass is 16.5. The quantitative estimate of drug-likeness (QED) is 0.162. The van der Waals surface area contributed by atoms with E-state index in [1.165, 1.54) is 257 Å². The highest BCUT2D eigenvalue weighted by Crippen LogP contribution is 2.73. The van der Waals surface area contributed by atoms with Crippen LogP contribution in [0.5, 0.6) is 0 Å². The Morgan fingerprint density at radius 3 is 1.10 bits per heavy atom. The summed E-state index contributed by atoms with van der Waals surface area (Å²) in [5, 5.41) is 0.